The molecule has 1 aromatic carbocycles. The van der Waals surface area contributed by atoms with Gasteiger partial charge in [0.2, 0.25) is 0 Å². The highest BCUT2D eigenvalue weighted by molar-refractivity contribution is 7.14. The number of thiazole rings is 1. The monoisotopic (exact) mass is 335 g/mol. The molecule has 0 saturated heterocycles. The summed E-state index contributed by atoms with van der Waals surface area (Å²) in [5.41, 5.74) is 0.124. The molecular weight excluding hydrogens is 322 g/mol. The SMILES string of the molecule is CCOC(=O)Cc1csc(NC(=O)c2ccccc2[N+](=O)[O-])n1. The Bertz CT molecular complexity index is 744. The summed E-state index contributed by atoms with van der Waals surface area (Å²) in [6.07, 6.45) is 0.00565. The molecule has 23 heavy (non-hydrogen) atoms. The van der Waals surface area contributed by atoms with Crippen LogP contribution in [0.3, 0.4) is 0 Å². The second kappa shape index (κ2) is 7.45. The summed E-state index contributed by atoms with van der Waals surface area (Å²) in [7, 11) is 0. The Morgan fingerprint density at radius 1 is 1.39 bits per heavy atom. The predicted molar refractivity (Wildman–Crippen MR) is 83.5 cm³/mol. The fraction of sp³-hybridized carbons (Fsp3) is 0.214. The van der Waals surface area contributed by atoms with Gasteiger partial charge in [-0.2, -0.15) is 0 Å². The number of anilines is 1. The van der Waals surface area contributed by atoms with Crippen molar-refractivity contribution in [2.24, 2.45) is 0 Å². The van der Waals surface area contributed by atoms with Crippen molar-refractivity contribution in [3.05, 3.63) is 51.0 Å². The van der Waals surface area contributed by atoms with E-state index in [1.807, 2.05) is 0 Å². The van der Waals surface area contributed by atoms with Gasteiger partial charge < -0.3 is 4.74 Å². The van der Waals surface area contributed by atoms with Crippen LogP contribution < -0.4 is 5.32 Å². The van der Waals surface area contributed by atoms with E-state index in [0.29, 0.717) is 5.69 Å². The molecule has 2 rings (SSSR count). The molecule has 2 aromatic rings. The molecule has 0 atom stereocenters. The number of aromatic nitrogens is 1. The van der Waals surface area contributed by atoms with Crippen molar-refractivity contribution in [3.63, 3.8) is 0 Å². The Hall–Kier alpha value is -2.81. The molecule has 0 spiro atoms. The number of amides is 1. The number of nitrogens with zero attached hydrogens (tertiary/aromatic N) is 2. The minimum absolute atomic E-state index is 0.00565. The van der Waals surface area contributed by atoms with E-state index >= 15 is 0 Å². The topological polar surface area (TPSA) is 111 Å². The van der Waals surface area contributed by atoms with Crippen molar-refractivity contribution in [2.45, 2.75) is 13.3 Å². The quantitative estimate of drug-likeness (QED) is 0.493. The normalized spacial score (nSPS) is 10.1. The number of para-hydroxylation sites is 1. The number of rotatable bonds is 6. The number of benzene rings is 1. The summed E-state index contributed by atoms with van der Waals surface area (Å²) in [4.78, 5) is 37.9. The van der Waals surface area contributed by atoms with E-state index in [9.17, 15) is 19.7 Å². The third-order valence-corrected chi connectivity index (χ3v) is 3.55. The van der Waals surface area contributed by atoms with Crippen LogP contribution in [0.5, 0.6) is 0 Å². The van der Waals surface area contributed by atoms with E-state index in [1.54, 1.807) is 12.3 Å². The average molecular weight is 335 g/mol. The number of hydrogen-bond acceptors (Lipinski definition) is 7. The number of nitro benzene ring substituents is 1. The van der Waals surface area contributed by atoms with E-state index in [-0.39, 0.29) is 29.4 Å². The van der Waals surface area contributed by atoms with E-state index in [4.69, 9.17) is 4.74 Å². The number of ether oxygens (including phenoxy) is 1. The predicted octanol–water partition coefficient (Wildman–Crippen LogP) is 2.41. The largest absolute Gasteiger partial charge is 0.466 e. The molecule has 0 bridgehead atoms. The molecule has 1 heterocycles. The maximum Gasteiger partial charge on any atom is 0.311 e. The van der Waals surface area contributed by atoms with Crippen molar-refractivity contribution in [1.82, 2.24) is 4.98 Å². The van der Waals surface area contributed by atoms with Gasteiger partial charge in [-0.25, -0.2) is 4.98 Å². The van der Waals surface area contributed by atoms with Gasteiger partial charge >= 0.3 is 5.97 Å². The minimum atomic E-state index is -0.630. The molecule has 0 radical (unpaired) electrons. The molecule has 0 aliphatic heterocycles. The zero-order valence-electron chi connectivity index (χ0n) is 12.1. The van der Waals surface area contributed by atoms with Crippen LogP contribution in [0.1, 0.15) is 23.0 Å². The molecule has 0 aliphatic rings. The number of esters is 1. The van der Waals surface area contributed by atoms with Crippen molar-refractivity contribution < 1.29 is 19.2 Å². The van der Waals surface area contributed by atoms with Gasteiger partial charge in [0.05, 0.1) is 23.6 Å². The second-order valence-corrected chi connectivity index (χ2v) is 5.21. The molecule has 120 valence electrons. The molecule has 0 fully saturated rings. The molecule has 0 saturated carbocycles. The van der Waals surface area contributed by atoms with Crippen LogP contribution in [-0.2, 0) is 16.0 Å². The standard InChI is InChI=1S/C14H13N3O5S/c1-2-22-12(18)7-9-8-23-14(15-9)16-13(19)10-5-3-4-6-11(10)17(20)21/h3-6,8H,2,7H2,1H3,(H,15,16,19). The highest BCUT2D eigenvalue weighted by Gasteiger charge is 2.20. The fourth-order valence-corrected chi connectivity index (χ4v) is 2.50. The lowest BCUT2D eigenvalue weighted by Crippen LogP contribution is -2.14. The van der Waals surface area contributed by atoms with Crippen LogP contribution in [0.15, 0.2) is 29.6 Å². The van der Waals surface area contributed by atoms with Gasteiger partial charge in [-0.05, 0) is 13.0 Å². The van der Waals surface area contributed by atoms with E-state index in [0.717, 1.165) is 11.3 Å². The molecule has 0 aliphatic carbocycles. The third kappa shape index (κ3) is 4.33. The van der Waals surface area contributed by atoms with Crippen LogP contribution in [0, 0.1) is 10.1 Å². The molecule has 9 heteroatoms. The smallest absolute Gasteiger partial charge is 0.311 e. The first kappa shape index (κ1) is 16.6. The lowest BCUT2D eigenvalue weighted by atomic mass is 10.1. The first-order valence-electron chi connectivity index (χ1n) is 6.66. The Kier molecular flexibility index (Phi) is 5.36. The molecule has 1 N–H and O–H groups in total. The van der Waals surface area contributed by atoms with Crippen LogP contribution in [-0.4, -0.2) is 28.4 Å². The van der Waals surface area contributed by atoms with Crippen molar-refractivity contribution in [1.29, 1.82) is 0 Å². The Morgan fingerprint density at radius 3 is 2.83 bits per heavy atom. The lowest BCUT2D eigenvalue weighted by molar-refractivity contribution is -0.385. The van der Waals surface area contributed by atoms with Gasteiger partial charge in [0.1, 0.15) is 5.56 Å². The fourth-order valence-electron chi connectivity index (χ4n) is 1.79. The minimum Gasteiger partial charge on any atom is -0.466 e. The summed E-state index contributed by atoms with van der Waals surface area (Å²) in [5, 5.41) is 15.3. The number of carbonyl (C=O) groups excluding carboxylic acids is 2. The zero-order valence-corrected chi connectivity index (χ0v) is 13.0. The summed E-state index contributed by atoms with van der Waals surface area (Å²) in [5.74, 6) is -1.04. The lowest BCUT2D eigenvalue weighted by Gasteiger charge is -2.02. The number of hydrogen-bond donors (Lipinski definition) is 1. The van der Waals surface area contributed by atoms with E-state index < -0.39 is 16.8 Å². The Morgan fingerprint density at radius 2 is 2.13 bits per heavy atom. The Balaban J connectivity index is 2.08. The van der Waals surface area contributed by atoms with Gasteiger partial charge in [-0.3, -0.25) is 25.0 Å². The maximum absolute atomic E-state index is 12.1. The first-order chi connectivity index (χ1) is 11.0. The van der Waals surface area contributed by atoms with Crippen LogP contribution >= 0.6 is 11.3 Å². The highest BCUT2D eigenvalue weighted by atomic mass is 32.1. The van der Waals surface area contributed by atoms with E-state index in [2.05, 4.69) is 10.3 Å². The van der Waals surface area contributed by atoms with Crippen LogP contribution in [0.2, 0.25) is 0 Å². The Labute approximate surface area is 135 Å². The van der Waals surface area contributed by atoms with Crippen molar-refractivity contribution in [2.75, 3.05) is 11.9 Å². The van der Waals surface area contributed by atoms with Crippen LogP contribution in [0.4, 0.5) is 10.8 Å². The second-order valence-electron chi connectivity index (χ2n) is 4.35. The first-order valence-corrected chi connectivity index (χ1v) is 7.54. The zero-order chi connectivity index (χ0) is 16.8. The van der Waals surface area contributed by atoms with Gasteiger partial charge in [-0.1, -0.05) is 12.1 Å². The molecule has 0 unspecified atom stereocenters. The molecular formula is C14H13N3O5S. The molecule has 8 nitrogen and oxygen atoms in total. The van der Waals surface area contributed by atoms with Crippen molar-refractivity contribution >= 4 is 34.0 Å². The van der Waals surface area contributed by atoms with Gasteiger partial charge in [-0.15, -0.1) is 11.3 Å². The van der Waals surface area contributed by atoms with Crippen LogP contribution in [0.25, 0.3) is 0 Å². The van der Waals surface area contributed by atoms with Gasteiger partial charge in [0.15, 0.2) is 5.13 Å². The third-order valence-electron chi connectivity index (χ3n) is 2.75. The molecule has 1 aromatic heterocycles. The number of nitro groups is 1. The maximum atomic E-state index is 12.1. The summed E-state index contributed by atoms with van der Waals surface area (Å²) in [6, 6.07) is 5.63. The average Bonchev–Trinajstić information content (AvgIpc) is 2.94. The van der Waals surface area contributed by atoms with Gasteiger partial charge in [0.25, 0.3) is 11.6 Å². The summed E-state index contributed by atoms with van der Waals surface area (Å²) in [6.45, 7) is 1.99. The summed E-state index contributed by atoms with van der Waals surface area (Å²) < 4.78 is 4.81. The number of carbonyl (C=O) groups is 2. The van der Waals surface area contributed by atoms with Crippen molar-refractivity contribution in [3.8, 4) is 0 Å². The highest BCUT2D eigenvalue weighted by Crippen LogP contribution is 2.21. The molecule has 1 amide bonds. The number of nitrogens with one attached hydrogen (secondary N) is 1. The summed E-state index contributed by atoms with van der Waals surface area (Å²) >= 11 is 1.13. The van der Waals surface area contributed by atoms with E-state index in [1.165, 1.54) is 24.3 Å². The van der Waals surface area contributed by atoms with Gasteiger partial charge in [0, 0.05) is 11.4 Å².